The third kappa shape index (κ3) is 5.77. The summed E-state index contributed by atoms with van der Waals surface area (Å²) >= 11 is 1.12. The molecule has 1 unspecified atom stereocenters. The van der Waals surface area contributed by atoms with Gasteiger partial charge in [0.2, 0.25) is 0 Å². The highest BCUT2D eigenvalue weighted by Crippen LogP contribution is 2.29. The van der Waals surface area contributed by atoms with Gasteiger partial charge in [-0.25, -0.2) is 4.39 Å². The van der Waals surface area contributed by atoms with E-state index in [2.05, 4.69) is 9.36 Å². The van der Waals surface area contributed by atoms with Gasteiger partial charge in [0.15, 0.2) is 5.82 Å². The topological polar surface area (TPSA) is 81.6 Å². The van der Waals surface area contributed by atoms with Crippen molar-refractivity contribution in [3.63, 3.8) is 0 Å². The van der Waals surface area contributed by atoms with Crippen molar-refractivity contribution in [3.8, 4) is 10.9 Å². The monoisotopic (exact) mass is 483 g/mol. The largest absolute Gasteiger partial charge is 0.466 e. The molecule has 2 heterocycles. The quantitative estimate of drug-likeness (QED) is 0.450. The van der Waals surface area contributed by atoms with Gasteiger partial charge in [-0.1, -0.05) is 18.2 Å². The smallest absolute Gasteiger partial charge is 0.310 e. The number of amides is 1. The average Bonchev–Trinajstić information content (AvgIpc) is 3.28. The zero-order valence-corrected chi connectivity index (χ0v) is 19.9. The molecule has 7 nitrogen and oxygen atoms in total. The van der Waals surface area contributed by atoms with Crippen LogP contribution in [0.1, 0.15) is 47.1 Å². The van der Waals surface area contributed by atoms with Crippen LogP contribution < -0.4 is 4.74 Å². The summed E-state index contributed by atoms with van der Waals surface area (Å²) in [6, 6.07) is 11.5. The molecule has 2 aromatic carbocycles. The average molecular weight is 484 g/mol. The Hall–Kier alpha value is -3.33. The summed E-state index contributed by atoms with van der Waals surface area (Å²) in [5, 5.41) is 0.366. The minimum absolute atomic E-state index is 0.145. The number of halogens is 1. The molecule has 1 aromatic heterocycles. The van der Waals surface area contributed by atoms with Gasteiger partial charge < -0.3 is 14.4 Å². The molecule has 1 atom stereocenters. The number of aromatic nitrogens is 2. The Morgan fingerprint density at radius 2 is 2.00 bits per heavy atom. The van der Waals surface area contributed by atoms with Crippen LogP contribution in [-0.4, -0.2) is 45.8 Å². The normalized spacial score (nSPS) is 15.7. The highest BCUT2D eigenvalue weighted by atomic mass is 32.1. The number of benzene rings is 2. The Balaban J connectivity index is 1.44. The van der Waals surface area contributed by atoms with Crippen LogP contribution in [0.15, 0.2) is 42.5 Å². The van der Waals surface area contributed by atoms with Crippen molar-refractivity contribution in [2.45, 2.75) is 33.1 Å². The van der Waals surface area contributed by atoms with Gasteiger partial charge in [0.25, 0.3) is 11.1 Å². The first kappa shape index (κ1) is 23.8. The molecule has 0 bridgehead atoms. The second-order valence-electron chi connectivity index (χ2n) is 8.20. The predicted octanol–water partition coefficient (Wildman–Crippen LogP) is 4.78. The number of esters is 1. The maximum Gasteiger partial charge on any atom is 0.310 e. The van der Waals surface area contributed by atoms with Gasteiger partial charge in [-0.3, -0.25) is 9.59 Å². The summed E-state index contributed by atoms with van der Waals surface area (Å²) in [6.07, 6.45) is 1.95. The number of hydrogen-bond donors (Lipinski definition) is 0. The molecule has 0 spiro atoms. The third-order valence-electron chi connectivity index (χ3n) is 5.69. The molecule has 0 radical (unpaired) electrons. The molecule has 34 heavy (non-hydrogen) atoms. The molecule has 4 rings (SSSR count). The number of aryl methyl sites for hydroxylation is 1. The summed E-state index contributed by atoms with van der Waals surface area (Å²) in [5.41, 5.74) is 2.24. The van der Waals surface area contributed by atoms with E-state index in [0.29, 0.717) is 48.4 Å². The fraction of sp³-hybridized carbons (Fsp3) is 0.360. The van der Waals surface area contributed by atoms with Crippen LogP contribution in [0, 0.1) is 18.7 Å². The lowest BCUT2D eigenvalue weighted by molar-refractivity contribution is -0.149. The number of rotatable bonds is 7. The third-order valence-corrected chi connectivity index (χ3v) is 6.32. The van der Waals surface area contributed by atoms with E-state index in [9.17, 15) is 14.0 Å². The highest BCUT2D eigenvalue weighted by molar-refractivity contribution is 7.07. The van der Waals surface area contributed by atoms with E-state index in [1.54, 1.807) is 36.1 Å². The number of piperidine rings is 1. The molecule has 9 heteroatoms. The molecular formula is C25H26FN3O4S. The fourth-order valence-corrected chi connectivity index (χ4v) is 4.43. The van der Waals surface area contributed by atoms with E-state index < -0.39 is 0 Å². The van der Waals surface area contributed by atoms with E-state index in [-0.39, 0.29) is 23.6 Å². The number of ether oxygens (including phenoxy) is 2. The fourth-order valence-electron chi connectivity index (χ4n) is 3.87. The van der Waals surface area contributed by atoms with E-state index in [4.69, 9.17) is 9.47 Å². The minimum atomic E-state index is -0.292. The Bertz CT molecular complexity index is 1170. The van der Waals surface area contributed by atoms with E-state index >= 15 is 0 Å². The van der Waals surface area contributed by atoms with Gasteiger partial charge in [-0.2, -0.15) is 9.36 Å². The van der Waals surface area contributed by atoms with Crippen molar-refractivity contribution < 1.29 is 23.5 Å². The zero-order valence-electron chi connectivity index (χ0n) is 19.1. The summed E-state index contributed by atoms with van der Waals surface area (Å²) in [4.78, 5) is 31.4. The van der Waals surface area contributed by atoms with Crippen LogP contribution in [0.5, 0.6) is 10.9 Å². The molecule has 0 aliphatic carbocycles. The first-order chi connectivity index (χ1) is 16.4. The van der Waals surface area contributed by atoms with Gasteiger partial charge in [0.05, 0.1) is 12.5 Å². The van der Waals surface area contributed by atoms with Gasteiger partial charge in [0, 0.05) is 36.6 Å². The Morgan fingerprint density at radius 3 is 2.76 bits per heavy atom. The van der Waals surface area contributed by atoms with Crippen LogP contribution in [-0.2, 0) is 16.0 Å². The van der Waals surface area contributed by atoms with Crippen LogP contribution in [0.25, 0.3) is 0 Å². The van der Waals surface area contributed by atoms with Crippen LogP contribution >= 0.6 is 11.5 Å². The SMILES string of the molecule is CCOC(=O)C1CCCN(C(=O)c2ccc(C)c(Oc3nc(Cc4ccc(F)cc4)ns3)c2)C1. The molecule has 3 aromatic rings. The first-order valence-corrected chi connectivity index (χ1v) is 12.0. The first-order valence-electron chi connectivity index (χ1n) is 11.2. The van der Waals surface area contributed by atoms with Crippen molar-refractivity contribution in [2.24, 2.45) is 5.92 Å². The van der Waals surface area contributed by atoms with Gasteiger partial charge in [0.1, 0.15) is 11.6 Å². The second-order valence-corrected chi connectivity index (χ2v) is 8.92. The van der Waals surface area contributed by atoms with E-state index in [1.165, 1.54) is 12.1 Å². The number of likely N-dealkylation sites (tertiary alicyclic amines) is 1. The maximum absolute atomic E-state index is 13.1. The van der Waals surface area contributed by atoms with Crippen molar-refractivity contribution in [1.82, 2.24) is 14.3 Å². The summed E-state index contributed by atoms with van der Waals surface area (Å²) in [7, 11) is 0. The number of hydrogen-bond acceptors (Lipinski definition) is 7. The molecule has 1 fully saturated rings. The summed E-state index contributed by atoms with van der Waals surface area (Å²) in [5.74, 6) is 0.127. The van der Waals surface area contributed by atoms with Crippen LogP contribution in [0.4, 0.5) is 4.39 Å². The maximum atomic E-state index is 13.1. The Morgan fingerprint density at radius 1 is 1.21 bits per heavy atom. The molecule has 178 valence electrons. The number of carbonyl (C=O) groups excluding carboxylic acids is 2. The van der Waals surface area contributed by atoms with Crippen molar-refractivity contribution in [1.29, 1.82) is 0 Å². The molecule has 1 aliphatic heterocycles. The lowest BCUT2D eigenvalue weighted by Gasteiger charge is -2.31. The standard InChI is InChI=1S/C25H26FN3O4S/c1-3-32-24(31)19-5-4-12-29(15-19)23(30)18-9-6-16(2)21(14-18)33-25-27-22(28-34-25)13-17-7-10-20(26)11-8-17/h6-11,14,19H,3-5,12-13,15H2,1-2H3. The minimum Gasteiger partial charge on any atom is -0.466 e. The number of carbonyl (C=O) groups is 2. The van der Waals surface area contributed by atoms with E-state index in [0.717, 1.165) is 35.5 Å². The zero-order chi connectivity index (χ0) is 24.1. The van der Waals surface area contributed by atoms with Crippen LogP contribution in [0.3, 0.4) is 0 Å². The summed E-state index contributed by atoms with van der Waals surface area (Å²) < 4.78 is 28.5. The van der Waals surface area contributed by atoms with Crippen LogP contribution in [0.2, 0.25) is 0 Å². The molecule has 1 saturated heterocycles. The molecule has 1 amide bonds. The molecule has 1 aliphatic rings. The lowest BCUT2D eigenvalue weighted by Crippen LogP contribution is -2.42. The van der Waals surface area contributed by atoms with Crippen molar-refractivity contribution >= 4 is 23.4 Å². The Kier molecular flexibility index (Phi) is 7.52. The van der Waals surface area contributed by atoms with E-state index in [1.807, 2.05) is 13.0 Å². The predicted molar refractivity (Wildman–Crippen MR) is 126 cm³/mol. The Labute approximate surface area is 201 Å². The van der Waals surface area contributed by atoms with Gasteiger partial charge in [-0.15, -0.1) is 0 Å². The molecule has 0 N–H and O–H groups in total. The van der Waals surface area contributed by atoms with Gasteiger partial charge >= 0.3 is 5.97 Å². The highest BCUT2D eigenvalue weighted by Gasteiger charge is 2.30. The van der Waals surface area contributed by atoms with Gasteiger partial charge in [-0.05, 0) is 62.1 Å². The molecule has 0 saturated carbocycles. The molecular weight excluding hydrogens is 457 g/mol. The van der Waals surface area contributed by atoms with Crippen molar-refractivity contribution in [2.75, 3.05) is 19.7 Å². The second kappa shape index (κ2) is 10.7. The van der Waals surface area contributed by atoms with Crippen molar-refractivity contribution in [3.05, 3.63) is 70.8 Å². The number of nitrogens with zero attached hydrogens (tertiary/aromatic N) is 3. The lowest BCUT2D eigenvalue weighted by atomic mass is 9.97. The summed E-state index contributed by atoms with van der Waals surface area (Å²) in [6.45, 7) is 4.95.